The van der Waals surface area contributed by atoms with Gasteiger partial charge in [-0.1, -0.05) is 0 Å². The number of benzene rings is 2. The molecule has 0 saturated carbocycles. The highest BCUT2D eigenvalue weighted by atomic mass is 32.2. The van der Waals surface area contributed by atoms with Gasteiger partial charge in [0.05, 0.1) is 33.6 Å². The lowest BCUT2D eigenvalue weighted by molar-refractivity contribution is -0.144. The summed E-state index contributed by atoms with van der Waals surface area (Å²) in [7, 11) is -5.31. The van der Waals surface area contributed by atoms with Crippen molar-refractivity contribution in [3.05, 3.63) is 58.7 Å². The van der Waals surface area contributed by atoms with E-state index in [4.69, 9.17) is 0 Å². The van der Waals surface area contributed by atoms with Crippen molar-refractivity contribution in [2.75, 3.05) is 9.44 Å². The minimum Gasteiger partial charge on any atom is -0.267 e. The summed E-state index contributed by atoms with van der Waals surface area (Å²) in [5.41, 5.74) is -10.3. The van der Waals surface area contributed by atoms with Gasteiger partial charge in [-0.25, -0.2) is 0 Å². The number of alkyl halides is 12. The molecule has 2 rings (SSSR count). The van der Waals surface area contributed by atoms with E-state index in [0.717, 1.165) is 0 Å². The average molecular weight is 520 g/mol. The predicted octanol–water partition coefficient (Wildman–Crippen LogP) is 6.53. The van der Waals surface area contributed by atoms with Gasteiger partial charge in [-0.2, -0.15) is 61.1 Å². The molecule has 0 amide bonds. The van der Waals surface area contributed by atoms with Crippen LogP contribution in [-0.2, 0) is 34.9 Å². The Balaban J connectivity index is 2.49. The molecule has 0 aliphatic carbocycles. The third-order valence-corrected chi connectivity index (χ3v) is 4.69. The standard InChI is InChI=1S/C16H8F12N2O2S/c17-13(18,19)7-1-8(14(20,21)22)4-11(3-7)29-33(31,32)30-12-5-9(15(23,24)25)2-10(6-12)16(26,27)28/h1-6,29-30H. The van der Waals surface area contributed by atoms with Crippen molar-refractivity contribution in [1.29, 1.82) is 0 Å². The Bertz CT molecular complexity index is 984. The van der Waals surface area contributed by atoms with Gasteiger partial charge in [0.1, 0.15) is 0 Å². The van der Waals surface area contributed by atoms with Crippen LogP contribution in [0.1, 0.15) is 22.3 Å². The molecule has 0 aliphatic rings. The highest BCUT2D eigenvalue weighted by Gasteiger charge is 2.38. The van der Waals surface area contributed by atoms with Gasteiger partial charge in [-0.3, -0.25) is 9.44 Å². The molecule has 0 atom stereocenters. The van der Waals surface area contributed by atoms with Crippen molar-refractivity contribution in [3.8, 4) is 0 Å². The van der Waals surface area contributed by atoms with E-state index in [1.54, 1.807) is 0 Å². The summed E-state index contributed by atoms with van der Waals surface area (Å²) in [6.45, 7) is 0. The predicted molar refractivity (Wildman–Crippen MR) is 89.1 cm³/mol. The second-order valence-corrected chi connectivity index (χ2v) is 7.71. The number of nitrogens with one attached hydrogen (secondary N) is 2. The third kappa shape index (κ3) is 7.06. The molecular weight excluding hydrogens is 512 g/mol. The SMILES string of the molecule is O=S(=O)(Nc1cc(C(F)(F)F)cc(C(F)(F)F)c1)Nc1cc(C(F)(F)F)cc(C(F)(F)F)c1. The molecule has 0 aliphatic heterocycles. The molecule has 17 heteroatoms. The molecule has 0 fully saturated rings. The molecule has 0 bridgehead atoms. The molecule has 4 nitrogen and oxygen atoms in total. The summed E-state index contributed by atoms with van der Waals surface area (Å²) in [5, 5.41) is 0. The zero-order valence-electron chi connectivity index (χ0n) is 15.2. The van der Waals surface area contributed by atoms with E-state index < -0.39 is 68.5 Å². The minimum atomic E-state index is -5.35. The first kappa shape index (κ1) is 26.4. The van der Waals surface area contributed by atoms with Gasteiger partial charge < -0.3 is 0 Å². The van der Waals surface area contributed by atoms with Crippen LogP contribution in [0.3, 0.4) is 0 Å². The average Bonchev–Trinajstić information content (AvgIpc) is 2.57. The third-order valence-electron chi connectivity index (χ3n) is 3.68. The van der Waals surface area contributed by atoms with Gasteiger partial charge in [0.2, 0.25) is 0 Å². The van der Waals surface area contributed by atoms with Crippen LogP contribution in [0.5, 0.6) is 0 Å². The topological polar surface area (TPSA) is 58.2 Å². The lowest BCUT2D eigenvalue weighted by atomic mass is 10.1. The zero-order valence-corrected chi connectivity index (χ0v) is 16.0. The molecule has 0 aromatic heterocycles. The minimum absolute atomic E-state index is 0.0538. The normalized spacial score (nSPS) is 13.7. The molecule has 0 spiro atoms. The fourth-order valence-electron chi connectivity index (χ4n) is 2.36. The number of rotatable bonds is 4. The second kappa shape index (κ2) is 8.18. The number of anilines is 2. The van der Waals surface area contributed by atoms with Crippen molar-refractivity contribution in [3.63, 3.8) is 0 Å². The van der Waals surface area contributed by atoms with E-state index in [1.165, 1.54) is 9.44 Å². The molecule has 33 heavy (non-hydrogen) atoms. The monoisotopic (exact) mass is 520 g/mol. The molecule has 2 aromatic rings. The van der Waals surface area contributed by atoms with E-state index in [0.29, 0.717) is 0 Å². The largest absolute Gasteiger partial charge is 0.416 e. The zero-order chi connectivity index (χ0) is 25.6. The summed E-state index contributed by atoms with van der Waals surface area (Å²) in [4.78, 5) is 0. The van der Waals surface area contributed by atoms with Crippen LogP contribution in [0.25, 0.3) is 0 Å². The lowest BCUT2D eigenvalue weighted by Gasteiger charge is -2.17. The van der Waals surface area contributed by atoms with Gasteiger partial charge in [0.15, 0.2) is 0 Å². The Morgan fingerprint density at radius 3 is 0.848 bits per heavy atom. The molecule has 2 N–H and O–H groups in total. The Morgan fingerprint density at radius 2 is 0.667 bits per heavy atom. The summed E-state index contributed by atoms with van der Waals surface area (Å²) in [5.74, 6) is 0. The first-order valence-electron chi connectivity index (χ1n) is 7.97. The molecule has 0 heterocycles. The summed E-state index contributed by atoms with van der Waals surface area (Å²) in [6.07, 6.45) is -21.4. The van der Waals surface area contributed by atoms with Gasteiger partial charge in [-0.15, -0.1) is 0 Å². The van der Waals surface area contributed by atoms with Crippen molar-refractivity contribution < 1.29 is 61.1 Å². The maximum atomic E-state index is 12.9. The molecule has 184 valence electrons. The van der Waals surface area contributed by atoms with Crippen LogP contribution in [-0.4, -0.2) is 8.42 Å². The van der Waals surface area contributed by atoms with E-state index in [-0.39, 0.29) is 36.4 Å². The highest BCUT2D eigenvalue weighted by molar-refractivity contribution is 7.94. The van der Waals surface area contributed by atoms with E-state index >= 15 is 0 Å². The van der Waals surface area contributed by atoms with Gasteiger partial charge in [-0.05, 0) is 36.4 Å². The Hall–Kier alpha value is -2.85. The van der Waals surface area contributed by atoms with Crippen LogP contribution >= 0.6 is 0 Å². The van der Waals surface area contributed by atoms with Crippen LogP contribution in [0, 0.1) is 0 Å². The summed E-state index contributed by atoms with van der Waals surface area (Å²) < 4.78 is 181. The molecule has 0 saturated heterocycles. The first-order chi connectivity index (χ1) is 14.6. The van der Waals surface area contributed by atoms with Gasteiger partial charge in [0, 0.05) is 0 Å². The molecular formula is C16H8F12N2O2S. The number of hydrogen-bond acceptors (Lipinski definition) is 2. The van der Waals surface area contributed by atoms with Crippen LogP contribution in [0.15, 0.2) is 36.4 Å². The summed E-state index contributed by atoms with van der Waals surface area (Å²) in [6, 6.07) is -0.867. The quantitative estimate of drug-likeness (QED) is 0.451. The van der Waals surface area contributed by atoms with Gasteiger partial charge in [0.25, 0.3) is 0 Å². The fourth-order valence-corrected chi connectivity index (χ4v) is 3.27. The van der Waals surface area contributed by atoms with Crippen molar-refractivity contribution >= 4 is 21.6 Å². The Labute approximate surface area is 176 Å². The van der Waals surface area contributed by atoms with Crippen LogP contribution in [0.4, 0.5) is 64.1 Å². The van der Waals surface area contributed by atoms with Crippen molar-refractivity contribution in [1.82, 2.24) is 0 Å². The maximum absolute atomic E-state index is 12.9. The van der Waals surface area contributed by atoms with Crippen LogP contribution < -0.4 is 9.44 Å². The fraction of sp³-hybridized carbons (Fsp3) is 0.250. The molecule has 2 aromatic carbocycles. The Kier molecular flexibility index (Phi) is 6.54. The second-order valence-electron chi connectivity index (χ2n) is 6.30. The highest BCUT2D eigenvalue weighted by Crippen LogP contribution is 2.39. The van der Waals surface area contributed by atoms with Crippen molar-refractivity contribution in [2.45, 2.75) is 24.7 Å². The smallest absolute Gasteiger partial charge is 0.267 e. The summed E-state index contributed by atoms with van der Waals surface area (Å²) >= 11 is 0. The number of hydrogen-bond donors (Lipinski definition) is 2. The van der Waals surface area contributed by atoms with E-state index in [9.17, 15) is 61.1 Å². The number of halogens is 12. The lowest BCUT2D eigenvalue weighted by Crippen LogP contribution is -2.23. The van der Waals surface area contributed by atoms with E-state index in [1.807, 2.05) is 0 Å². The maximum Gasteiger partial charge on any atom is 0.416 e. The first-order valence-corrected chi connectivity index (χ1v) is 9.46. The Morgan fingerprint density at radius 1 is 0.455 bits per heavy atom. The van der Waals surface area contributed by atoms with E-state index in [2.05, 4.69) is 0 Å². The molecule has 0 radical (unpaired) electrons. The molecule has 0 unspecified atom stereocenters. The van der Waals surface area contributed by atoms with Crippen molar-refractivity contribution in [2.24, 2.45) is 0 Å². The van der Waals surface area contributed by atoms with Crippen LogP contribution in [0.2, 0.25) is 0 Å². The van der Waals surface area contributed by atoms with Gasteiger partial charge >= 0.3 is 34.9 Å².